The average Bonchev–Trinajstić information content (AvgIpc) is 2.83. The molecule has 0 radical (unpaired) electrons. The van der Waals surface area contributed by atoms with Crippen LogP contribution in [0.25, 0.3) is 6.08 Å². The van der Waals surface area contributed by atoms with Crippen LogP contribution in [0.5, 0.6) is 17.2 Å². The quantitative estimate of drug-likeness (QED) is 0.301. The predicted molar refractivity (Wildman–Crippen MR) is 131 cm³/mol. The van der Waals surface area contributed by atoms with Gasteiger partial charge in [0.05, 0.1) is 24.8 Å². The van der Waals surface area contributed by atoms with Gasteiger partial charge in [0, 0.05) is 0 Å². The lowest BCUT2D eigenvalue weighted by Gasteiger charge is -2.26. The smallest absolute Gasteiger partial charge is 0.331 e. The second-order valence-corrected chi connectivity index (χ2v) is 7.86. The molecule has 1 aliphatic rings. The van der Waals surface area contributed by atoms with Crippen LogP contribution in [0.2, 0.25) is 5.02 Å². The molecule has 9 heteroatoms. The van der Waals surface area contributed by atoms with Crippen molar-refractivity contribution in [3.63, 3.8) is 0 Å². The third-order valence-electron chi connectivity index (χ3n) is 4.87. The molecule has 0 spiro atoms. The summed E-state index contributed by atoms with van der Waals surface area (Å²) in [6.45, 7) is 4.78. The fraction of sp³-hybridized carbons (Fsp3) is 0.269. The number of barbiturate groups is 1. The Morgan fingerprint density at radius 2 is 1.80 bits per heavy atom. The maximum Gasteiger partial charge on any atom is 0.331 e. The van der Waals surface area contributed by atoms with Crippen molar-refractivity contribution in [2.24, 2.45) is 0 Å². The van der Waals surface area contributed by atoms with Crippen LogP contribution in [0.1, 0.15) is 31.4 Å². The van der Waals surface area contributed by atoms with E-state index in [1.165, 1.54) is 12.1 Å². The van der Waals surface area contributed by atoms with Crippen LogP contribution < -0.4 is 19.5 Å². The van der Waals surface area contributed by atoms with Crippen molar-refractivity contribution in [3.05, 3.63) is 58.1 Å². The molecule has 1 heterocycles. The summed E-state index contributed by atoms with van der Waals surface area (Å²) >= 11 is 6.20. The molecule has 0 saturated carbocycles. The van der Waals surface area contributed by atoms with Crippen molar-refractivity contribution in [2.75, 3.05) is 19.8 Å². The summed E-state index contributed by atoms with van der Waals surface area (Å²) in [7, 11) is 0. The molecule has 8 nitrogen and oxygen atoms in total. The average molecular weight is 497 g/mol. The van der Waals surface area contributed by atoms with Crippen LogP contribution >= 0.6 is 11.6 Å². The third-order valence-corrected chi connectivity index (χ3v) is 5.17. The van der Waals surface area contributed by atoms with E-state index in [1.54, 1.807) is 30.3 Å². The number of imide groups is 2. The van der Waals surface area contributed by atoms with E-state index in [0.717, 1.165) is 11.3 Å². The van der Waals surface area contributed by atoms with E-state index in [0.29, 0.717) is 41.6 Å². The van der Waals surface area contributed by atoms with Gasteiger partial charge in [0.15, 0.2) is 11.5 Å². The summed E-state index contributed by atoms with van der Waals surface area (Å²) in [4.78, 5) is 39.0. The summed E-state index contributed by atoms with van der Waals surface area (Å²) in [6, 6.07) is 9.11. The Hall–Kier alpha value is -3.96. The number of ether oxygens (including phenoxy) is 3. The molecule has 0 aliphatic carbocycles. The fourth-order valence-electron chi connectivity index (χ4n) is 3.28. The van der Waals surface area contributed by atoms with E-state index in [2.05, 4.69) is 11.2 Å². The standard InChI is InChI=1S/C26H25ClN2O6/c1-4-11-34-21-9-7-17(14-20(21)27)13-19-24(30)28-26(32)29(25(19)31)16-18-8-10-22(35-12-5-2)23(15-18)33-6-3/h1,7-10,13-15H,5-6,11-12,16H2,2-3H3,(H,28,30,32)/b19-13+. The minimum Gasteiger partial charge on any atom is -0.490 e. The van der Waals surface area contributed by atoms with Crippen molar-refractivity contribution < 1.29 is 28.6 Å². The normalized spacial score (nSPS) is 14.5. The zero-order chi connectivity index (χ0) is 25.4. The lowest BCUT2D eigenvalue weighted by atomic mass is 10.1. The first-order valence-corrected chi connectivity index (χ1v) is 11.4. The summed E-state index contributed by atoms with van der Waals surface area (Å²) in [6.07, 6.45) is 7.39. The van der Waals surface area contributed by atoms with Crippen LogP contribution in [0.3, 0.4) is 0 Å². The molecule has 1 fully saturated rings. The molecule has 1 aliphatic heterocycles. The van der Waals surface area contributed by atoms with Crippen LogP contribution in [0.4, 0.5) is 4.79 Å². The molecule has 0 bridgehead atoms. The zero-order valence-electron chi connectivity index (χ0n) is 19.4. The van der Waals surface area contributed by atoms with Gasteiger partial charge in [-0.05, 0) is 54.8 Å². The number of carbonyl (C=O) groups excluding carboxylic acids is 3. The van der Waals surface area contributed by atoms with E-state index in [1.807, 2.05) is 13.8 Å². The number of benzene rings is 2. The van der Waals surface area contributed by atoms with E-state index in [4.69, 9.17) is 32.2 Å². The topological polar surface area (TPSA) is 94.2 Å². The Morgan fingerprint density at radius 1 is 1.03 bits per heavy atom. The number of hydrogen-bond acceptors (Lipinski definition) is 6. The second kappa shape index (κ2) is 12.0. The third kappa shape index (κ3) is 6.34. The molecule has 3 rings (SSSR count). The zero-order valence-corrected chi connectivity index (χ0v) is 20.2. The molecule has 4 amide bonds. The van der Waals surface area contributed by atoms with Crippen LogP contribution in [0.15, 0.2) is 42.0 Å². The lowest BCUT2D eigenvalue weighted by Crippen LogP contribution is -2.53. The lowest BCUT2D eigenvalue weighted by molar-refractivity contribution is -0.130. The number of urea groups is 1. The van der Waals surface area contributed by atoms with Crippen LogP contribution in [-0.2, 0) is 16.1 Å². The van der Waals surface area contributed by atoms with E-state index >= 15 is 0 Å². The van der Waals surface area contributed by atoms with Gasteiger partial charge in [-0.1, -0.05) is 36.6 Å². The summed E-state index contributed by atoms with van der Waals surface area (Å²) in [5.74, 6) is 2.28. The monoisotopic (exact) mass is 496 g/mol. The van der Waals surface area contributed by atoms with E-state index in [-0.39, 0.29) is 23.7 Å². The summed E-state index contributed by atoms with van der Waals surface area (Å²) < 4.78 is 16.7. The number of hydrogen-bond donors (Lipinski definition) is 1. The molecule has 2 aromatic rings. The minimum absolute atomic E-state index is 0.0504. The molecule has 0 atom stereocenters. The van der Waals surface area contributed by atoms with Gasteiger partial charge in [-0.25, -0.2) is 4.79 Å². The molecule has 2 aromatic carbocycles. The van der Waals surface area contributed by atoms with Gasteiger partial charge < -0.3 is 14.2 Å². The maximum atomic E-state index is 13.1. The highest BCUT2D eigenvalue weighted by molar-refractivity contribution is 6.33. The molecule has 1 saturated heterocycles. The Kier molecular flexibility index (Phi) is 8.76. The van der Waals surface area contributed by atoms with E-state index in [9.17, 15) is 14.4 Å². The number of nitrogens with zero attached hydrogens (tertiary/aromatic N) is 1. The van der Waals surface area contributed by atoms with Gasteiger partial charge in [-0.15, -0.1) is 6.42 Å². The first kappa shape index (κ1) is 25.7. The van der Waals surface area contributed by atoms with Crippen molar-refractivity contribution in [2.45, 2.75) is 26.8 Å². The maximum absolute atomic E-state index is 13.1. The highest BCUT2D eigenvalue weighted by Crippen LogP contribution is 2.30. The Morgan fingerprint density at radius 3 is 2.49 bits per heavy atom. The first-order valence-electron chi connectivity index (χ1n) is 11.0. The molecule has 0 aromatic heterocycles. The van der Waals surface area contributed by atoms with Gasteiger partial charge in [0.2, 0.25) is 0 Å². The summed E-state index contributed by atoms with van der Waals surface area (Å²) in [5, 5.41) is 2.47. The number of rotatable bonds is 10. The number of terminal acetylenes is 1. The number of carbonyl (C=O) groups is 3. The molecular formula is C26H25ClN2O6. The Labute approximate surface area is 208 Å². The fourth-order valence-corrected chi connectivity index (χ4v) is 3.52. The Balaban J connectivity index is 1.84. The summed E-state index contributed by atoms with van der Waals surface area (Å²) in [5.41, 5.74) is 0.908. The molecule has 182 valence electrons. The van der Waals surface area contributed by atoms with Gasteiger partial charge in [0.25, 0.3) is 11.8 Å². The van der Waals surface area contributed by atoms with E-state index < -0.39 is 17.8 Å². The van der Waals surface area contributed by atoms with Gasteiger partial charge in [0.1, 0.15) is 17.9 Å². The van der Waals surface area contributed by atoms with Crippen molar-refractivity contribution in [3.8, 4) is 29.6 Å². The predicted octanol–water partition coefficient (Wildman–Crippen LogP) is 4.20. The molecule has 35 heavy (non-hydrogen) atoms. The largest absolute Gasteiger partial charge is 0.490 e. The van der Waals surface area contributed by atoms with Crippen molar-refractivity contribution >= 4 is 35.5 Å². The van der Waals surface area contributed by atoms with Crippen molar-refractivity contribution in [1.82, 2.24) is 10.2 Å². The minimum atomic E-state index is -0.808. The highest BCUT2D eigenvalue weighted by atomic mass is 35.5. The number of nitrogens with one attached hydrogen (secondary N) is 1. The van der Waals surface area contributed by atoms with Gasteiger partial charge in [-0.2, -0.15) is 0 Å². The highest BCUT2D eigenvalue weighted by Gasteiger charge is 2.35. The second-order valence-electron chi connectivity index (χ2n) is 7.45. The first-order chi connectivity index (χ1) is 16.9. The van der Waals surface area contributed by atoms with Gasteiger partial charge >= 0.3 is 6.03 Å². The molecular weight excluding hydrogens is 472 g/mol. The number of amides is 4. The Bertz CT molecular complexity index is 1200. The van der Waals surface area contributed by atoms with Crippen molar-refractivity contribution in [1.29, 1.82) is 0 Å². The number of halogens is 1. The SMILES string of the molecule is C#CCOc1ccc(/C=C2\C(=O)NC(=O)N(Cc3ccc(OCCC)c(OCC)c3)C2=O)cc1Cl. The van der Waals surface area contributed by atoms with Crippen LogP contribution in [-0.4, -0.2) is 42.6 Å². The van der Waals surface area contributed by atoms with Gasteiger partial charge in [-0.3, -0.25) is 19.8 Å². The molecule has 1 N–H and O–H groups in total. The van der Waals surface area contributed by atoms with Crippen LogP contribution in [0, 0.1) is 12.3 Å². The molecule has 0 unspecified atom stereocenters.